The Balaban J connectivity index is 1.45. The second kappa shape index (κ2) is 9.21. The van der Waals surface area contributed by atoms with Crippen molar-refractivity contribution in [2.24, 2.45) is 5.92 Å². The number of hydrogen-bond acceptors (Lipinski definition) is 6. The summed E-state index contributed by atoms with van der Waals surface area (Å²) in [5.41, 5.74) is 2.63. The molecule has 1 aliphatic heterocycles. The second-order valence-electron chi connectivity index (χ2n) is 8.72. The summed E-state index contributed by atoms with van der Waals surface area (Å²) in [6, 6.07) is 12.5. The van der Waals surface area contributed by atoms with Crippen LogP contribution >= 0.6 is 0 Å². The van der Waals surface area contributed by atoms with Crippen molar-refractivity contribution in [3.8, 4) is 11.4 Å². The lowest BCUT2D eigenvalue weighted by atomic mass is 9.89. The minimum absolute atomic E-state index is 0.108. The molecule has 1 saturated heterocycles. The van der Waals surface area contributed by atoms with Crippen LogP contribution < -0.4 is 5.32 Å². The number of hydrogen-bond donors (Lipinski definition) is 1. The largest absolute Gasteiger partial charge is 0.424 e. The summed E-state index contributed by atoms with van der Waals surface area (Å²) >= 11 is 0. The van der Waals surface area contributed by atoms with Crippen LogP contribution in [0.25, 0.3) is 22.5 Å². The molecule has 3 heterocycles. The van der Waals surface area contributed by atoms with E-state index >= 15 is 0 Å². The van der Waals surface area contributed by atoms with E-state index in [0.717, 1.165) is 18.4 Å². The van der Waals surface area contributed by atoms with Gasteiger partial charge < -0.3 is 14.6 Å². The SMILES string of the molecule is Cc1c(F)ccc(-c2ncccn2)c1C(=O)N1CCCC(C)C1CNc1nc2ccccc2o1. The number of rotatable bonds is 5. The molecule has 8 heteroatoms. The van der Waals surface area contributed by atoms with Crippen LogP contribution in [0.4, 0.5) is 10.4 Å². The number of amides is 1. The number of oxazole rings is 1. The van der Waals surface area contributed by atoms with Gasteiger partial charge in [0, 0.05) is 31.0 Å². The Morgan fingerprint density at radius 2 is 1.97 bits per heavy atom. The number of aromatic nitrogens is 3. The number of piperidine rings is 1. The number of fused-ring (bicyclic) bond motifs is 1. The minimum Gasteiger partial charge on any atom is -0.424 e. The Morgan fingerprint density at radius 3 is 2.76 bits per heavy atom. The summed E-state index contributed by atoms with van der Waals surface area (Å²) in [6.07, 6.45) is 5.12. The fraction of sp³-hybridized carbons (Fsp3) is 0.308. The topological polar surface area (TPSA) is 84.2 Å². The molecule has 2 atom stereocenters. The molecule has 174 valence electrons. The number of likely N-dealkylation sites (tertiary alicyclic amines) is 1. The molecule has 0 saturated carbocycles. The van der Waals surface area contributed by atoms with Gasteiger partial charge in [-0.25, -0.2) is 14.4 Å². The van der Waals surface area contributed by atoms with Crippen molar-refractivity contribution in [1.82, 2.24) is 19.9 Å². The van der Waals surface area contributed by atoms with Crippen LogP contribution in [0, 0.1) is 18.7 Å². The number of anilines is 1. The highest BCUT2D eigenvalue weighted by Gasteiger charge is 2.34. The van der Waals surface area contributed by atoms with Gasteiger partial charge in [-0.05, 0) is 61.6 Å². The highest BCUT2D eigenvalue weighted by molar-refractivity contribution is 6.01. The lowest BCUT2D eigenvalue weighted by Gasteiger charge is -2.40. The normalized spacial score (nSPS) is 18.3. The molecule has 2 unspecified atom stereocenters. The Hall–Kier alpha value is -3.81. The number of halogens is 1. The van der Waals surface area contributed by atoms with Crippen LogP contribution in [-0.2, 0) is 0 Å². The molecule has 2 aromatic carbocycles. The molecule has 7 nitrogen and oxygen atoms in total. The van der Waals surface area contributed by atoms with Crippen LogP contribution in [-0.4, -0.2) is 44.9 Å². The highest BCUT2D eigenvalue weighted by atomic mass is 19.1. The average molecular weight is 460 g/mol. The summed E-state index contributed by atoms with van der Waals surface area (Å²) in [7, 11) is 0. The number of para-hydroxylation sites is 2. The first-order chi connectivity index (χ1) is 16.5. The molecule has 0 spiro atoms. The zero-order valence-electron chi connectivity index (χ0n) is 19.2. The van der Waals surface area contributed by atoms with E-state index in [0.29, 0.717) is 47.2 Å². The molecule has 1 amide bonds. The molecule has 0 aliphatic carbocycles. The van der Waals surface area contributed by atoms with Crippen molar-refractivity contribution in [3.05, 3.63) is 71.8 Å². The monoisotopic (exact) mass is 459 g/mol. The standard InChI is InChI=1S/C26H26FN5O2/c1-16-7-5-14-32(21(16)15-30-26-31-20-8-3-4-9-22(20)34-26)25(33)23-17(2)19(27)11-10-18(23)24-28-12-6-13-29-24/h3-4,6,8-13,16,21H,5,7,14-15H2,1-2H3,(H,30,31). The molecule has 4 aromatic rings. The molecule has 0 radical (unpaired) electrons. The van der Waals surface area contributed by atoms with Gasteiger partial charge in [-0.3, -0.25) is 4.79 Å². The van der Waals surface area contributed by atoms with E-state index < -0.39 is 5.82 Å². The van der Waals surface area contributed by atoms with Gasteiger partial charge in [-0.15, -0.1) is 0 Å². The molecular weight excluding hydrogens is 433 g/mol. The Bertz CT molecular complexity index is 1290. The number of carbonyl (C=O) groups excluding carboxylic acids is 1. The summed E-state index contributed by atoms with van der Waals surface area (Å²) in [4.78, 5) is 28.8. The number of carbonyl (C=O) groups is 1. The molecule has 1 N–H and O–H groups in total. The van der Waals surface area contributed by atoms with E-state index in [2.05, 4.69) is 27.2 Å². The molecule has 5 rings (SSSR count). The summed E-state index contributed by atoms with van der Waals surface area (Å²) in [5.74, 6) is 0.0182. The van der Waals surface area contributed by atoms with Crippen LogP contribution in [0.15, 0.2) is 59.3 Å². The maximum absolute atomic E-state index is 14.6. The highest BCUT2D eigenvalue weighted by Crippen LogP contribution is 2.31. The Labute approximate surface area is 197 Å². The average Bonchev–Trinajstić information content (AvgIpc) is 3.28. The van der Waals surface area contributed by atoms with Crippen molar-refractivity contribution < 1.29 is 13.6 Å². The molecule has 1 fully saturated rings. The van der Waals surface area contributed by atoms with E-state index in [1.165, 1.54) is 6.07 Å². The van der Waals surface area contributed by atoms with Crippen molar-refractivity contribution in [1.29, 1.82) is 0 Å². The molecule has 1 aliphatic rings. The third-order valence-electron chi connectivity index (χ3n) is 6.55. The van der Waals surface area contributed by atoms with E-state index in [1.807, 2.05) is 29.2 Å². The van der Waals surface area contributed by atoms with Crippen LogP contribution in [0.1, 0.15) is 35.7 Å². The van der Waals surface area contributed by atoms with E-state index in [4.69, 9.17) is 4.42 Å². The fourth-order valence-corrected chi connectivity index (χ4v) is 4.68. The number of benzene rings is 2. The van der Waals surface area contributed by atoms with Gasteiger partial charge in [0.2, 0.25) is 0 Å². The van der Waals surface area contributed by atoms with Gasteiger partial charge in [0.05, 0.1) is 11.6 Å². The first-order valence-corrected chi connectivity index (χ1v) is 11.5. The van der Waals surface area contributed by atoms with Crippen molar-refractivity contribution >= 4 is 23.0 Å². The molecular formula is C26H26FN5O2. The lowest BCUT2D eigenvalue weighted by Crippen LogP contribution is -2.51. The maximum atomic E-state index is 14.6. The fourth-order valence-electron chi connectivity index (χ4n) is 4.68. The van der Waals surface area contributed by atoms with Gasteiger partial charge in [0.25, 0.3) is 11.9 Å². The first kappa shape index (κ1) is 22.0. The summed E-state index contributed by atoms with van der Waals surface area (Å²) < 4.78 is 20.4. The van der Waals surface area contributed by atoms with Crippen LogP contribution in [0.3, 0.4) is 0 Å². The van der Waals surface area contributed by atoms with Crippen molar-refractivity contribution in [2.45, 2.75) is 32.7 Å². The first-order valence-electron chi connectivity index (χ1n) is 11.5. The number of nitrogens with one attached hydrogen (secondary N) is 1. The van der Waals surface area contributed by atoms with E-state index in [-0.39, 0.29) is 17.9 Å². The summed E-state index contributed by atoms with van der Waals surface area (Å²) in [5, 5.41) is 3.27. The smallest absolute Gasteiger partial charge is 0.295 e. The second-order valence-corrected chi connectivity index (χ2v) is 8.72. The third-order valence-corrected chi connectivity index (χ3v) is 6.55. The van der Waals surface area contributed by atoms with Gasteiger partial charge in [-0.1, -0.05) is 19.1 Å². The Kier molecular flexibility index (Phi) is 5.96. The predicted octanol–water partition coefficient (Wildman–Crippen LogP) is 5.09. The third kappa shape index (κ3) is 4.11. The minimum atomic E-state index is -0.422. The quantitative estimate of drug-likeness (QED) is 0.448. The van der Waals surface area contributed by atoms with E-state index in [9.17, 15) is 9.18 Å². The van der Waals surface area contributed by atoms with E-state index in [1.54, 1.807) is 31.5 Å². The zero-order valence-corrected chi connectivity index (χ0v) is 19.2. The molecule has 34 heavy (non-hydrogen) atoms. The zero-order chi connectivity index (χ0) is 23.7. The Morgan fingerprint density at radius 1 is 1.18 bits per heavy atom. The predicted molar refractivity (Wildman–Crippen MR) is 128 cm³/mol. The lowest BCUT2D eigenvalue weighted by molar-refractivity contribution is 0.0538. The molecule has 2 aromatic heterocycles. The van der Waals surface area contributed by atoms with Gasteiger partial charge in [-0.2, -0.15) is 4.98 Å². The maximum Gasteiger partial charge on any atom is 0.295 e. The van der Waals surface area contributed by atoms with Crippen LogP contribution in [0.2, 0.25) is 0 Å². The van der Waals surface area contributed by atoms with Crippen LogP contribution in [0.5, 0.6) is 0 Å². The van der Waals surface area contributed by atoms with Crippen molar-refractivity contribution in [2.75, 3.05) is 18.4 Å². The molecule has 0 bridgehead atoms. The van der Waals surface area contributed by atoms with Crippen molar-refractivity contribution in [3.63, 3.8) is 0 Å². The summed E-state index contributed by atoms with van der Waals surface area (Å²) in [6.45, 7) is 4.84. The van der Waals surface area contributed by atoms with Gasteiger partial charge >= 0.3 is 0 Å². The van der Waals surface area contributed by atoms with Gasteiger partial charge in [0.1, 0.15) is 11.3 Å². The number of nitrogens with zero attached hydrogens (tertiary/aromatic N) is 4. The van der Waals surface area contributed by atoms with Gasteiger partial charge in [0.15, 0.2) is 11.4 Å².